The molecule has 9 heteroatoms. The molecule has 0 aliphatic rings. The van der Waals surface area contributed by atoms with E-state index >= 15 is 0 Å². The standard InChI is InChI=1S/C18H23N3O5S/c1-4-20(15-7-5-6-14(2)12-15)11-10-19-27(24,25)18-13-16(21(22)23)8-9-17(18)26-3/h5-9,12-13,19H,4,10-11H2,1-3H3. The maximum absolute atomic E-state index is 12.6. The number of non-ortho nitro benzene ring substituents is 1. The van der Waals surface area contributed by atoms with Crippen LogP contribution in [-0.2, 0) is 10.0 Å². The van der Waals surface area contributed by atoms with Gasteiger partial charge < -0.3 is 9.64 Å². The molecule has 8 nitrogen and oxygen atoms in total. The molecule has 0 radical (unpaired) electrons. The van der Waals surface area contributed by atoms with Crippen molar-refractivity contribution in [1.29, 1.82) is 0 Å². The summed E-state index contributed by atoms with van der Waals surface area (Å²) in [6.07, 6.45) is 0. The topological polar surface area (TPSA) is 102 Å². The molecule has 146 valence electrons. The Morgan fingerprint density at radius 3 is 2.56 bits per heavy atom. The van der Waals surface area contributed by atoms with E-state index in [1.54, 1.807) is 0 Å². The van der Waals surface area contributed by atoms with E-state index in [1.807, 2.05) is 43.0 Å². The number of aryl methyl sites for hydroxylation is 1. The molecular weight excluding hydrogens is 370 g/mol. The molecule has 1 N–H and O–H groups in total. The fourth-order valence-electron chi connectivity index (χ4n) is 2.68. The number of ether oxygens (including phenoxy) is 1. The zero-order valence-electron chi connectivity index (χ0n) is 15.5. The number of rotatable bonds is 9. The Kier molecular flexibility index (Phi) is 6.75. The molecule has 0 bridgehead atoms. The molecule has 0 aromatic heterocycles. The van der Waals surface area contributed by atoms with Gasteiger partial charge in [0.05, 0.1) is 12.0 Å². The van der Waals surface area contributed by atoms with Gasteiger partial charge in [-0.1, -0.05) is 12.1 Å². The minimum atomic E-state index is -3.96. The Balaban J connectivity index is 2.14. The Hall–Kier alpha value is -2.65. The lowest BCUT2D eigenvalue weighted by molar-refractivity contribution is -0.385. The first-order valence-electron chi connectivity index (χ1n) is 8.42. The number of nitrogens with zero attached hydrogens (tertiary/aromatic N) is 2. The molecule has 2 rings (SSSR count). The summed E-state index contributed by atoms with van der Waals surface area (Å²) in [6, 6.07) is 11.4. The number of nitro groups is 1. The highest BCUT2D eigenvalue weighted by Gasteiger charge is 2.23. The first-order chi connectivity index (χ1) is 12.8. The summed E-state index contributed by atoms with van der Waals surface area (Å²) >= 11 is 0. The third-order valence-corrected chi connectivity index (χ3v) is 5.55. The molecule has 0 saturated carbocycles. The van der Waals surface area contributed by atoms with Crippen LogP contribution in [0.5, 0.6) is 5.75 Å². The van der Waals surface area contributed by atoms with E-state index in [4.69, 9.17) is 4.74 Å². The molecule has 2 aromatic carbocycles. The van der Waals surface area contributed by atoms with Gasteiger partial charge in [0, 0.05) is 37.5 Å². The highest BCUT2D eigenvalue weighted by Crippen LogP contribution is 2.28. The van der Waals surface area contributed by atoms with Gasteiger partial charge in [0.2, 0.25) is 10.0 Å². The molecule has 0 heterocycles. The van der Waals surface area contributed by atoms with Gasteiger partial charge in [-0.05, 0) is 37.6 Å². The van der Waals surface area contributed by atoms with Gasteiger partial charge >= 0.3 is 0 Å². The summed E-state index contributed by atoms with van der Waals surface area (Å²) in [4.78, 5) is 12.1. The fourth-order valence-corrected chi connectivity index (χ4v) is 3.88. The van der Waals surface area contributed by atoms with Crippen molar-refractivity contribution < 1.29 is 18.1 Å². The predicted octanol–water partition coefficient (Wildman–Crippen LogP) is 2.72. The number of benzene rings is 2. The fraction of sp³-hybridized carbons (Fsp3) is 0.333. The largest absolute Gasteiger partial charge is 0.495 e. The zero-order valence-corrected chi connectivity index (χ0v) is 16.3. The molecule has 0 aliphatic carbocycles. The smallest absolute Gasteiger partial charge is 0.271 e. The highest BCUT2D eigenvalue weighted by atomic mass is 32.2. The third kappa shape index (κ3) is 5.18. The SMILES string of the molecule is CCN(CCNS(=O)(=O)c1cc([N+](=O)[O-])ccc1OC)c1cccc(C)c1. The van der Waals surface area contributed by atoms with E-state index in [2.05, 4.69) is 4.72 Å². The van der Waals surface area contributed by atoms with Crippen LogP contribution in [0.15, 0.2) is 47.4 Å². The van der Waals surface area contributed by atoms with Gasteiger partial charge in [0.1, 0.15) is 10.6 Å². The van der Waals surface area contributed by atoms with Gasteiger partial charge in [-0.25, -0.2) is 13.1 Å². The van der Waals surface area contributed by atoms with Crippen LogP contribution in [0.25, 0.3) is 0 Å². The third-order valence-electron chi connectivity index (χ3n) is 4.07. The minimum absolute atomic E-state index is 0.0548. The number of sulfonamides is 1. The molecule has 0 fully saturated rings. The summed E-state index contributed by atoms with van der Waals surface area (Å²) < 4.78 is 32.8. The Morgan fingerprint density at radius 2 is 1.96 bits per heavy atom. The maximum Gasteiger partial charge on any atom is 0.271 e. The number of hydrogen-bond acceptors (Lipinski definition) is 6. The molecule has 0 saturated heterocycles. The summed E-state index contributed by atoms with van der Waals surface area (Å²) in [7, 11) is -2.64. The van der Waals surface area contributed by atoms with Gasteiger partial charge in [-0.3, -0.25) is 10.1 Å². The second-order valence-electron chi connectivity index (χ2n) is 5.91. The average molecular weight is 393 g/mol. The van der Waals surface area contributed by atoms with Crippen LogP contribution in [0.1, 0.15) is 12.5 Å². The lowest BCUT2D eigenvalue weighted by Crippen LogP contribution is -2.35. The van der Waals surface area contributed by atoms with Crippen LogP contribution in [-0.4, -0.2) is 40.1 Å². The number of nitrogens with one attached hydrogen (secondary N) is 1. The summed E-state index contributed by atoms with van der Waals surface area (Å²) in [5.41, 5.74) is 1.81. The maximum atomic E-state index is 12.6. The van der Waals surface area contributed by atoms with E-state index in [-0.39, 0.29) is 22.9 Å². The molecule has 27 heavy (non-hydrogen) atoms. The second-order valence-corrected chi connectivity index (χ2v) is 7.64. The van der Waals surface area contributed by atoms with Crippen molar-refractivity contribution >= 4 is 21.4 Å². The molecular formula is C18H23N3O5S. The number of nitro benzene ring substituents is 1. The van der Waals surface area contributed by atoms with Crippen molar-refractivity contribution in [1.82, 2.24) is 4.72 Å². The van der Waals surface area contributed by atoms with E-state index in [9.17, 15) is 18.5 Å². The van der Waals surface area contributed by atoms with Gasteiger partial charge in [0.25, 0.3) is 5.69 Å². The normalized spacial score (nSPS) is 11.2. The molecule has 2 aromatic rings. The molecule has 0 amide bonds. The summed E-state index contributed by atoms with van der Waals surface area (Å²) in [5, 5.41) is 10.9. The molecule has 0 atom stereocenters. The minimum Gasteiger partial charge on any atom is -0.495 e. The van der Waals surface area contributed by atoms with Crippen LogP contribution in [0.3, 0.4) is 0 Å². The van der Waals surface area contributed by atoms with E-state index < -0.39 is 14.9 Å². The predicted molar refractivity (Wildman–Crippen MR) is 104 cm³/mol. The Morgan fingerprint density at radius 1 is 1.22 bits per heavy atom. The van der Waals surface area contributed by atoms with Crippen molar-refractivity contribution in [3.8, 4) is 5.75 Å². The van der Waals surface area contributed by atoms with E-state index in [1.165, 1.54) is 19.2 Å². The monoisotopic (exact) mass is 393 g/mol. The van der Waals surface area contributed by atoms with Crippen molar-refractivity contribution in [2.45, 2.75) is 18.7 Å². The Bertz CT molecular complexity index is 915. The first-order valence-corrected chi connectivity index (χ1v) is 9.90. The van der Waals surface area contributed by atoms with Gasteiger partial charge in [0.15, 0.2) is 0 Å². The lowest BCUT2D eigenvalue weighted by atomic mass is 10.2. The van der Waals surface area contributed by atoms with Crippen LogP contribution in [0.4, 0.5) is 11.4 Å². The van der Waals surface area contributed by atoms with Crippen molar-refractivity contribution in [2.75, 3.05) is 31.6 Å². The number of hydrogen-bond donors (Lipinski definition) is 1. The van der Waals surface area contributed by atoms with Gasteiger partial charge in [-0.15, -0.1) is 0 Å². The number of likely N-dealkylation sites (N-methyl/N-ethyl adjacent to an activating group) is 1. The van der Waals surface area contributed by atoms with Gasteiger partial charge in [-0.2, -0.15) is 0 Å². The Labute approximate surface area is 159 Å². The highest BCUT2D eigenvalue weighted by molar-refractivity contribution is 7.89. The second kappa shape index (κ2) is 8.83. The van der Waals surface area contributed by atoms with E-state index in [0.717, 1.165) is 17.3 Å². The van der Waals surface area contributed by atoms with Crippen molar-refractivity contribution in [3.63, 3.8) is 0 Å². The quantitative estimate of drug-likeness (QED) is 0.519. The first kappa shape index (κ1) is 20.7. The summed E-state index contributed by atoms with van der Waals surface area (Å²) in [6.45, 7) is 5.30. The van der Waals surface area contributed by atoms with E-state index in [0.29, 0.717) is 13.1 Å². The number of methoxy groups -OCH3 is 1. The van der Waals surface area contributed by atoms with Crippen molar-refractivity contribution in [2.24, 2.45) is 0 Å². The zero-order chi connectivity index (χ0) is 20.0. The molecule has 0 aliphatic heterocycles. The van der Waals surface area contributed by atoms with Crippen LogP contribution in [0, 0.1) is 17.0 Å². The lowest BCUT2D eigenvalue weighted by Gasteiger charge is -2.23. The summed E-state index contributed by atoms with van der Waals surface area (Å²) in [5.74, 6) is 0.0548. The molecule has 0 spiro atoms. The van der Waals surface area contributed by atoms with Crippen LogP contribution >= 0.6 is 0 Å². The van der Waals surface area contributed by atoms with Crippen LogP contribution < -0.4 is 14.4 Å². The average Bonchev–Trinajstić information content (AvgIpc) is 2.64. The van der Waals surface area contributed by atoms with Crippen LogP contribution in [0.2, 0.25) is 0 Å². The molecule has 0 unspecified atom stereocenters. The number of anilines is 1. The van der Waals surface area contributed by atoms with Crippen molar-refractivity contribution in [3.05, 3.63) is 58.1 Å².